The molecule has 0 saturated heterocycles. The number of sulfone groups is 1. The summed E-state index contributed by atoms with van der Waals surface area (Å²) >= 11 is 0. The fraction of sp³-hybridized carbons (Fsp3) is 0.188. The van der Waals surface area contributed by atoms with Crippen LogP contribution in [0.1, 0.15) is 16.1 Å². The molecule has 0 aliphatic rings. The minimum Gasteiger partial charge on any atom is -0.476 e. The van der Waals surface area contributed by atoms with E-state index in [2.05, 4.69) is 19.9 Å². The van der Waals surface area contributed by atoms with E-state index in [0.717, 1.165) is 12.5 Å². The van der Waals surface area contributed by atoms with Gasteiger partial charge in [0.1, 0.15) is 0 Å². The number of H-pyrrole nitrogens is 1. The van der Waals surface area contributed by atoms with Gasteiger partial charge in [-0.2, -0.15) is 8.78 Å². The Bertz CT molecular complexity index is 1160. The molecule has 0 saturated carbocycles. The maximum atomic E-state index is 12.7. The SMILES string of the molecule is Cc1cc(-c2c(C(=O)O)ncc3[nH]nc(OC(F)F)c23)ccc1S(C)(=O)=O. The molecule has 0 fully saturated rings. The number of aryl methyl sites for hydroxylation is 1. The van der Waals surface area contributed by atoms with Crippen LogP contribution in [0.15, 0.2) is 29.3 Å². The van der Waals surface area contributed by atoms with Crippen molar-refractivity contribution in [2.24, 2.45) is 0 Å². The minimum absolute atomic E-state index is 0.00690. The number of alkyl halides is 2. The molecule has 1 aromatic carbocycles. The van der Waals surface area contributed by atoms with Gasteiger partial charge in [-0.25, -0.2) is 18.2 Å². The predicted octanol–water partition coefficient (Wildman–Crippen LogP) is 2.64. The molecular formula is C16H13F2N3O5S. The number of carboxylic acids is 1. The summed E-state index contributed by atoms with van der Waals surface area (Å²) in [4.78, 5) is 15.5. The molecule has 0 aliphatic heterocycles. The Hall–Kier alpha value is -3.08. The zero-order valence-electron chi connectivity index (χ0n) is 14.0. The van der Waals surface area contributed by atoms with Gasteiger partial charge in [-0.1, -0.05) is 12.1 Å². The maximum Gasteiger partial charge on any atom is 0.388 e. The molecule has 11 heteroatoms. The van der Waals surface area contributed by atoms with Crippen LogP contribution in [-0.2, 0) is 9.84 Å². The van der Waals surface area contributed by atoms with Gasteiger partial charge >= 0.3 is 12.6 Å². The first kappa shape index (κ1) is 18.7. The number of nitrogens with one attached hydrogen (secondary N) is 1. The zero-order valence-corrected chi connectivity index (χ0v) is 14.8. The van der Waals surface area contributed by atoms with Gasteiger partial charge in [0.05, 0.1) is 22.0 Å². The third-order valence-corrected chi connectivity index (χ3v) is 5.09. The third kappa shape index (κ3) is 3.45. The monoisotopic (exact) mass is 397 g/mol. The van der Waals surface area contributed by atoms with Crippen molar-refractivity contribution >= 4 is 26.7 Å². The zero-order chi connectivity index (χ0) is 19.9. The summed E-state index contributed by atoms with van der Waals surface area (Å²) in [6.07, 6.45) is 2.19. The van der Waals surface area contributed by atoms with Crippen molar-refractivity contribution in [2.75, 3.05) is 6.26 Å². The van der Waals surface area contributed by atoms with Gasteiger partial charge in [-0.15, -0.1) is 5.10 Å². The summed E-state index contributed by atoms with van der Waals surface area (Å²) < 4.78 is 53.4. The topological polar surface area (TPSA) is 122 Å². The van der Waals surface area contributed by atoms with Gasteiger partial charge < -0.3 is 9.84 Å². The number of benzene rings is 1. The van der Waals surface area contributed by atoms with Gasteiger partial charge in [-0.3, -0.25) is 5.10 Å². The molecule has 3 aromatic rings. The number of ether oxygens (including phenoxy) is 1. The highest BCUT2D eigenvalue weighted by atomic mass is 32.2. The summed E-state index contributed by atoms with van der Waals surface area (Å²) in [6, 6.07) is 4.14. The number of halogens is 2. The van der Waals surface area contributed by atoms with Gasteiger partial charge in [0.15, 0.2) is 15.5 Å². The fourth-order valence-corrected chi connectivity index (χ4v) is 3.78. The molecule has 142 valence electrons. The van der Waals surface area contributed by atoms with Crippen LogP contribution in [-0.4, -0.2) is 47.5 Å². The first-order valence-corrected chi connectivity index (χ1v) is 9.35. The van der Waals surface area contributed by atoms with Crippen LogP contribution < -0.4 is 4.74 Å². The Labute approximate surface area is 151 Å². The Morgan fingerprint density at radius 2 is 2.04 bits per heavy atom. The molecule has 2 heterocycles. The predicted molar refractivity (Wildman–Crippen MR) is 90.8 cm³/mol. The lowest BCUT2D eigenvalue weighted by molar-refractivity contribution is -0.0518. The molecule has 2 N–H and O–H groups in total. The van der Waals surface area contributed by atoms with Crippen LogP contribution in [0, 0.1) is 6.92 Å². The number of hydrogen-bond donors (Lipinski definition) is 2. The largest absolute Gasteiger partial charge is 0.476 e. The number of carboxylic acid groups (broad SMARTS) is 1. The first-order valence-electron chi connectivity index (χ1n) is 7.46. The van der Waals surface area contributed by atoms with Crippen molar-refractivity contribution in [3.05, 3.63) is 35.7 Å². The highest BCUT2D eigenvalue weighted by Gasteiger charge is 2.24. The summed E-state index contributed by atoms with van der Waals surface area (Å²) in [5.74, 6) is -1.87. The molecule has 8 nitrogen and oxygen atoms in total. The molecule has 0 atom stereocenters. The molecular weight excluding hydrogens is 384 g/mol. The number of hydrogen-bond acceptors (Lipinski definition) is 6. The van der Waals surface area contributed by atoms with Crippen molar-refractivity contribution in [2.45, 2.75) is 18.4 Å². The van der Waals surface area contributed by atoms with E-state index in [4.69, 9.17) is 0 Å². The minimum atomic E-state index is -3.49. The number of fused-ring (bicyclic) bond motifs is 1. The van der Waals surface area contributed by atoms with Gasteiger partial charge in [0.2, 0.25) is 5.88 Å². The number of rotatable bonds is 5. The molecule has 3 rings (SSSR count). The smallest absolute Gasteiger partial charge is 0.388 e. The summed E-state index contributed by atoms with van der Waals surface area (Å²) in [5.41, 5.74) is 0.414. The van der Waals surface area contributed by atoms with Crippen LogP contribution in [0.25, 0.3) is 22.0 Å². The Morgan fingerprint density at radius 3 is 2.59 bits per heavy atom. The molecule has 0 amide bonds. The summed E-state index contributed by atoms with van der Waals surface area (Å²) in [6.45, 7) is -1.63. The highest BCUT2D eigenvalue weighted by Crippen LogP contribution is 2.37. The van der Waals surface area contributed by atoms with Gasteiger partial charge in [-0.05, 0) is 24.1 Å². The van der Waals surface area contributed by atoms with E-state index in [1.165, 1.54) is 18.2 Å². The normalized spacial score (nSPS) is 11.9. The molecule has 0 aliphatic carbocycles. The van der Waals surface area contributed by atoms with E-state index in [1.807, 2.05) is 0 Å². The highest BCUT2D eigenvalue weighted by molar-refractivity contribution is 7.90. The van der Waals surface area contributed by atoms with Crippen LogP contribution in [0.5, 0.6) is 5.88 Å². The van der Waals surface area contributed by atoms with E-state index < -0.39 is 34.0 Å². The van der Waals surface area contributed by atoms with Crippen molar-refractivity contribution in [3.8, 4) is 17.0 Å². The third-order valence-electron chi connectivity index (χ3n) is 3.84. The fourth-order valence-electron chi connectivity index (χ4n) is 2.82. The first-order chi connectivity index (χ1) is 12.6. The number of nitrogens with zero attached hydrogens (tertiary/aromatic N) is 2. The Balaban J connectivity index is 2.35. The molecule has 0 unspecified atom stereocenters. The molecule has 2 aromatic heterocycles. The lowest BCUT2D eigenvalue weighted by Gasteiger charge is -2.11. The van der Waals surface area contributed by atoms with E-state index in [9.17, 15) is 27.1 Å². The van der Waals surface area contributed by atoms with E-state index in [-0.39, 0.29) is 26.9 Å². The van der Waals surface area contributed by atoms with E-state index in [1.54, 1.807) is 6.92 Å². The number of pyridine rings is 1. The molecule has 0 radical (unpaired) electrons. The average Bonchev–Trinajstić information content (AvgIpc) is 2.95. The van der Waals surface area contributed by atoms with Gasteiger partial charge in [0, 0.05) is 11.8 Å². The van der Waals surface area contributed by atoms with Crippen LogP contribution in [0.4, 0.5) is 8.78 Å². The quantitative estimate of drug-likeness (QED) is 0.678. The average molecular weight is 397 g/mol. The number of carbonyl (C=O) groups is 1. The van der Waals surface area contributed by atoms with Gasteiger partial charge in [0.25, 0.3) is 0 Å². The van der Waals surface area contributed by atoms with Crippen molar-refractivity contribution in [1.82, 2.24) is 15.2 Å². The van der Waals surface area contributed by atoms with E-state index in [0.29, 0.717) is 5.56 Å². The lowest BCUT2D eigenvalue weighted by Crippen LogP contribution is -2.06. The number of aromatic amines is 1. The standard InChI is InChI=1S/C16H13F2N3O5S/c1-7-5-8(3-4-10(7)27(2,24)25)11-12-9(6-19-13(11)15(22)23)20-21-14(12)26-16(17)18/h3-6,16H,1-2H3,(H,20,21)(H,22,23). The summed E-state index contributed by atoms with van der Waals surface area (Å²) in [5, 5.41) is 15.6. The van der Waals surface area contributed by atoms with Crippen LogP contribution >= 0.6 is 0 Å². The van der Waals surface area contributed by atoms with Crippen molar-refractivity contribution in [1.29, 1.82) is 0 Å². The molecule has 27 heavy (non-hydrogen) atoms. The molecule has 0 spiro atoms. The van der Waals surface area contributed by atoms with Crippen LogP contribution in [0.2, 0.25) is 0 Å². The Morgan fingerprint density at radius 1 is 1.33 bits per heavy atom. The summed E-state index contributed by atoms with van der Waals surface area (Å²) in [7, 11) is -3.49. The Kier molecular flexibility index (Phi) is 4.56. The second-order valence-corrected chi connectivity index (χ2v) is 7.72. The second kappa shape index (κ2) is 6.58. The second-order valence-electron chi connectivity index (χ2n) is 5.74. The molecule has 0 bridgehead atoms. The van der Waals surface area contributed by atoms with Crippen LogP contribution in [0.3, 0.4) is 0 Å². The lowest BCUT2D eigenvalue weighted by atomic mass is 9.98. The number of aromatic nitrogens is 3. The van der Waals surface area contributed by atoms with Crippen molar-refractivity contribution < 1.29 is 31.8 Å². The number of aromatic carboxylic acids is 1. The van der Waals surface area contributed by atoms with E-state index >= 15 is 0 Å². The maximum absolute atomic E-state index is 12.7. The van der Waals surface area contributed by atoms with Crippen molar-refractivity contribution in [3.63, 3.8) is 0 Å².